The first-order valence-electron chi connectivity index (χ1n) is 9.14. The zero-order valence-corrected chi connectivity index (χ0v) is 20.2. The molecule has 0 bridgehead atoms. The van der Waals surface area contributed by atoms with Crippen LogP contribution in [-0.4, -0.2) is 28.4 Å². The fraction of sp³-hybridized carbons (Fsp3) is 0. The summed E-state index contributed by atoms with van der Waals surface area (Å²) in [5.74, 6) is 0. The standard InChI is InChI=1S/2C12H12N2.H2Se2/c2*13-11-5-1-9(2-6-11)10-3-7-12(14)8-4-10;1-2/h2*1-8H,13-14H2;1-2H. The Morgan fingerprint density at radius 3 is 0.567 bits per heavy atom. The van der Waals surface area contributed by atoms with Crippen molar-refractivity contribution in [2.45, 2.75) is 0 Å². The van der Waals surface area contributed by atoms with Crippen molar-refractivity contribution in [2.24, 2.45) is 0 Å². The third kappa shape index (κ3) is 7.18. The zero-order valence-electron chi connectivity index (χ0n) is 16.4. The Bertz CT molecular complexity index is 841. The molecule has 154 valence electrons. The number of benzene rings is 4. The maximum atomic E-state index is 5.61. The van der Waals surface area contributed by atoms with Crippen molar-refractivity contribution in [1.29, 1.82) is 0 Å². The molecule has 0 saturated carbocycles. The fourth-order valence-electron chi connectivity index (χ4n) is 2.70. The van der Waals surface area contributed by atoms with Crippen LogP contribution in [0.2, 0.25) is 0 Å². The van der Waals surface area contributed by atoms with Crippen LogP contribution in [-0.2, 0) is 0 Å². The summed E-state index contributed by atoms with van der Waals surface area (Å²) in [6.07, 6.45) is 0. The van der Waals surface area contributed by atoms with Gasteiger partial charge >= 0.3 is 28.4 Å². The fourth-order valence-corrected chi connectivity index (χ4v) is 2.70. The average molecular weight is 528 g/mol. The van der Waals surface area contributed by atoms with Crippen molar-refractivity contribution in [2.75, 3.05) is 22.9 Å². The van der Waals surface area contributed by atoms with Crippen LogP contribution in [0.15, 0.2) is 97.1 Å². The third-order valence-electron chi connectivity index (χ3n) is 4.31. The van der Waals surface area contributed by atoms with Crippen molar-refractivity contribution in [1.82, 2.24) is 0 Å². The normalized spacial score (nSPS) is 9.53. The second-order valence-corrected chi connectivity index (χ2v) is 6.49. The van der Waals surface area contributed by atoms with E-state index in [4.69, 9.17) is 22.9 Å². The minimum absolute atomic E-state index is 0.782. The second kappa shape index (κ2) is 12.0. The molecular weight excluding hydrogens is 502 g/mol. The maximum absolute atomic E-state index is 5.61. The summed E-state index contributed by atoms with van der Waals surface area (Å²) in [7, 11) is 0. The molecule has 0 amide bonds. The molecule has 0 aromatic heterocycles. The van der Waals surface area contributed by atoms with Crippen molar-refractivity contribution in [3.8, 4) is 22.3 Å². The summed E-state index contributed by atoms with van der Waals surface area (Å²) < 4.78 is 0. The number of anilines is 4. The molecule has 0 fully saturated rings. The van der Waals surface area contributed by atoms with E-state index in [0.717, 1.165) is 45.0 Å². The van der Waals surface area contributed by atoms with E-state index in [0.29, 0.717) is 0 Å². The molecule has 4 aromatic carbocycles. The van der Waals surface area contributed by atoms with E-state index >= 15 is 0 Å². The molecule has 0 aliphatic rings. The molecule has 4 aromatic rings. The molecule has 0 aliphatic carbocycles. The Labute approximate surface area is 192 Å². The SMILES string of the molecule is Nc1ccc(-c2ccc(N)cc2)cc1.Nc1ccc(-c2ccc(N)cc2)cc1.[SeH][SeH]. The molecule has 0 heterocycles. The molecule has 0 saturated heterocycles. The summed E-state index contributed by atoms with van der Waals surface area (Å²) in [6.45, 7) is 0. The van der Waals surface area contributed by atoms with Gasteiger partial charge in [0.15, 0.2) is 0 Å². The van der Waals surface area contributed by atoms with E-state index in [1.165, 1.54) is 0 Å². The Morgan fingerprint density at radius 2 is 0.433 bits per heavy atom. The van der Waals surface area contributed by atoms with Crippen LogP contribution in [0.25, 0.3) is 22.3 Å². The van der Waals surface area contributed by atoms with Crippen molar-refractivity contribution >= 4 is 51.1 Å². The van der Waals surface area contributed by atoms with Crippen molar-refractivity contribution in [3.63, 3.8) is 0 Å². The van der Waals surface area contributed by atoms with Crippen LogP contribution < -0.4 is 22.9 Å². The van der Waals surface area contributed by atoms with Gasteiger partial charge in [0, 0.05) is 22.7 Å². The molecule has 0 atom stereocenters. The van der Waals surface area contributed by atoms with Gasteiger partial charge in [-0.25, -0.2) is 0 Å². The van der Waals surface area contributed by atoms with Gasteiger partial charge in [0.05, 0.1) is 0 Å². The number of hydrogen-bond donors (Lipinski definition) is 4. The molecular formula is C24H26N4Se2. The molecule has 0 spiro atoms. The number of rotatable bonds is 2. The molecule has 8 N–H and O–H groups in total. The molecule has 0 aliphatic heterocycles. The van der Waals surface area contributed by atoms with Crippen LogP contribution in [0.1, 0.15) is 0 Å². The van der Waals surface area contributed by atoms with E-state index in [9.17, 15) is 0 Å². The van der Waals surface area contributed by atoms with E-state index < -0.39 is 0 Å². The molecule has 0 unspecified atom stereocenters. The predicted octanol–water partition coefficient (Wildman–Crippen LogP) is 3.74. The van der Waals surface area contributed by atoms with Gasteiger partial charge in [-0.1, -0.05) is 48.5 Å². The minimum atomic E-state index is 0.782. The van der Waals surface area contributed by atoms with E-state index in [1.54, 1.807) is 0 Å². The van der Waals surface area contributed by atoms with Gasteiger partial charge in [0.1, 0.15) is 0 Å². The number of nitrogens with two attached hydrogens (primary N) is 4. The van der Waals surface area contributed by atoms with Gasteiger partial charge in [-0.05, 0) is 70.8 Å². The zero-order chi connectivity index (χ0) is 21.9. The van der Waals surface area contributed by atoms with Crippen LogP contribution in [0.3, 0.4) is 0 Å². The molecule has 0 radical (unpaired) electrons. The first-order valence-corrected chi connectivity index (χ1v) is 14.3. The van der Waals surface area contributed by atoms with Crippen LogP contribution in [0.5, 0.6) is 0 Å². The van der Waals surface area contributed by atoms with Crippen LogP contribution in [0.4, 0.5) is 22.7 Å². The first kappa shape index (κ1) is 23.4. The predicted molar refractivity (Wildman–Crippen MR) is 136 cm³/mol. The van der Waals surface area contributed by atoms with Crippen molar-refractivity contribution < 1.29 is 0 Å². The Kier molecular flexibility index (Phi) is 9.33. The van der Waals surface area contributed by atoms with E-state index in [1.807, 2.05) is 97.1 Å². The Balaban J connectivity index is 0.000000197. The molecule has 6 heteroatoms. The van der Waals surface area contributed by atoms with Crippen molar-refractivity contribution in [3.05, 3.63) is 97.1 Å². The molecule has 4 nitrogen and oxygen atoms in total. The monoisotopic (exact) mass is 530 g/mol. The van der Waals surface area contributed by atoms with Crippen LogP contribution in [0, 0.1) is 0 Å². The van der Waals surface area contributed by atoms with E-state index in [-0.39, 0.29) is 0 Å². The van der Waals surface area contributed by atoms with Gasteiger partial charge in [0.2, 0.25) is 0 Å². The van der Waals surface area contributed by atoms with Gasteiger partial charge in [-0.2, -0.15) is 0 Å². The van der Waals surface area contributed by atoms with Crippen LogP contribution >= 0.6 is 0 Å². The summed E-state index contributed by atoms with van der Waals surface area (Å²) in [5, 5.41) is 0. The summed E-state index contributed by atoms with van der Waals surface area (Å²) >= 11 is 4.50. The van der Waals surface area contributed by atoms with Gasteiger partial charge in [0.25, 0.3) is 0 Å². The number of nitrogen functional groups attached to an aromatic ring is 4. The van der Waals surface area contributed by atoms with Gasteiger partial charge in [-0.15, -0.1) is 0 Å². The van der Waals surface area contributed by atoms with Gasteiger partial charge in [-0.3, -0.25) is 0 Å². The third-order valence-corrected chi connectivity index (χ3v) is 4.31. The number of hydrogen-bond acceptors (Lipinski definition) is 4. The Morgan fingerprint density at radius 1 is 0.300 bits per heavy atom. The van der Waals surface area contributed by atoms with Gasteiger partial charge < -0.3 is 22.9 Å². The Hall–Kier alpha value is -2.88. The summed E-state index contributed by atoms with van der Waals surface area (Å²) in [6, 6.07) is 31.2. The topological polar surface area (TPSA) is 104 Å². The summed E-state index contributed by atoms with van der Waals surface area (Å²) in [5.41, 5.74) is 30.2. The first-order chi connectivity index (χ1) is 14.5. The second-order valence-electron chi connectivity index (χ2n) is 6.49. The average Bonchev–Trinajstić information content (AvgIpc) is 2.78. The summed E-state index contributed by atoms with van der Waals surface area (Å²) in [4.78, 5) is 0. The molecule has 4 rings (SSSR count). The van der Waals surface area contributed by atoms with E-state index in [2.05, 4.69) is 28.4 Å². The molecule has 30 heavy (non-hydrogen) atoms. The quantitative estimate of drug-likeness (QED) is 0.235.